The monoisotopic (exact) mass is 432 g/mol. The molecule has 0 fully saturated rings. The molecule has 0 spiro atoms. The SMILES string of the molecule is COc1ccc(OCC(=O)N(Cc2ccc(Cl)cc2)[C@@H](C)C(=O)NCC(C)C)cc1. The number of nitrogens with one attached hydrogen (secondary N) is 1. The number of amides is 2. The molecule has 2 amide bonds. The number of halogens is 1. The summed E-state index contributed by atoms with van der Waals surface area (Å²) in [6.07, 6.45) is 0. The third-order valence-corrected chi connectivity index (χ3v) is 4.79. The lowest BCUT2D eigenvalue weighted by Crippen LogP contribution is -2.49. The number of rotatable bonds is 10. The van der Waals surface area contributed by atoms with Crippen LogP contribution in [0.15, 0.2) is 48.5 Å². The summed E-state index contributed by atoms with van der Waals surface area (Å²) in [4.78, 5) is 27.1. The third-order valence-electron chi connectivity index (χ3n) is 4.54. The standard InChI is InChI=1S/C23H29ClN2O4/c1-16(2)13-25-23(28)17(3)26(14-18-5-7-19(24)8-6-18)22(27)15-30-21-11-9-20(29-4)10-12-21/h5-12,16-17H,13-15H2,1-4H3,(H,25,28)/t17-/m0/s1. The number of benzene rings is 2. The highest BCUT2D eigenvalue weighted by Gasteiger charge is 2.26. The number of nitrogens with zero attached hydrogens (tertiary/aromatic N) is 1. The largest absolute Gasteiger partial charge is 0.497 e. The van der Waals surface area contributed by atoms with Gasteiger partial charge in [0, 0.05) is 18.1 Å². The molecule has 0 saturated carbocycles. The van der Waals surface area contributed by atoms with Crippen molar-refractivity contribution in [3.05, 3.63) is 59.1 Å². The Morgan fingerprint density at radius 1 is 1.00 bits per heavy atom. The molecule has 7 heteroatoms. The molecule has 0 heterocycles. The molecule has 0 unspecified atom stereocenters. The summed E-state index contributed by atoms with van der Waals surface area (Å²) in [6, 6.07) is 13.5. The van der Waals surface area contributed by atoms with E-state index in [2.05, 4.69) is 5.32 Å². The van der Waals surface area contributed by atoms with Crippen LogP contribution in [0.2, 0.25) is 5.02 Å². The molecule has 2 rings (SSSR count). The molecule has 6 nitrogen and oxygen atoms in total. The first-order valence-electron chi connectivity index (χ1n) is 9.88. The van der Waals surface area contributed by atoms with Gasteiger partial charge in [0.15, 0.2) is 6.61 Å². The van der Waals surface area contributed by atoms with Crippen molar-refractivity contribution in [2.24, 2.45) is 5.92 Å². The van der Waals surface area contributed by atoms with Crippen LogP contribution in [-0.2, 0) is 16.1 Å². The van der Waals surface area contributed by atoms with Crippen LogP contribution in [0.3, 0.4) is 0 Å². The molecule has 0 aliphatic rings. The maximum Gasteiger partial charge on any atom is 0.261 e. The quantitative estimate of drug-likeness (QED) is 0.618. The molecule has 0 aliphatic heterocycles. The molecule has 2 aromatic rings. The lowest BCUT2D eigenvalue weighted by atomic mass is 10.1. The van der Waals surface area contributed by atoms with Crippen molar-refractivity contribution >= 4 is 23.4 Å². The van der Waals surface area contributed by atoms with Crippen molar-refractivity contribution in [3.63, 3.8) is 0 Å². The number of hydrogen-bond donors (Lipinski definition) is 1. The Balaban J connectivity index is 2.10. The van der Waals surface area contributed by atoms with Gasteiger partial charge in [-0.2, -0.15) is 0 Å². The summed E-state index contributed by atoms with van der Waals surface area (Å²) in [6.45, 7) is 6.40. The zero-order chi connectivity index (χ0) is 22.1. The number of methoxy groups -OCH3 is 1. The molecule has 2 aromatic carbocycles. The fourth-order valence-electron chi connectivity index (χ4n) is 2.72. The molecule has 0 radical (unpaired) electrons. The molecule has 0 aliphatic carbocycles. The van der Waals surface area contributed by atoms with Gasteiger partial charge in [0.1, 0.15) is 17.5 Å². The predicted octanol–water partition coefficient (Wildman–Crippen LogP) is 3.92. The van der Waals surface area contributed by atoms with Gasteiger partial charge >= 0.3 is 0 Å². The second-order valence-corrected chi connectivity index (χ2v) is 7.86. The van der Waals surface area contributed by atoms with Crippen molar-refractivity contribution in [3.8, 4) is 11.5 Å². The Bertz CT molecular complexity index is 822. The number of carbonyl (C=O) groups is 2. The summed E-state index contributed by atoms with van der Waals surface area (Å²) in [5.41, 5.74) is 0.876. The maximum atomic E-state index is 13.0. The summed E-state index contributed by atoms with van der Waals surface area (Å²) < 4.78 is 10.8. The lowest BCUT2D eigenvalue weighted by molar-refractivity contribution is -0.142. The molecular formula is C23H29ClN2O4. The van der Waals surface area contributed by atoms with Crippen LogP contribution in [0.25, 0.3) is 0 Å². The first-order chi connectivity index (χ1) is 14.3. The third kappa shape index (κ3) is 7.26. The second-order valence-electron chi connectivity index (χ2n) is 7.43. The van der Waals surface area contributed by atoms with Gasteiger partial charge in [-0.1, -0.05) is 37.6 Å². The van der Waals surface area contributed by atoms with E-state index >= 15 is 0 Å². The first-order valence-corrected chi connectivity index (χ1v) is 10.3. The lowest BCUT2D eigenvalue weighted by Gasteiger charge is -2.29. The minimum Gasteiger partial charge on any atom is -0.497 e. The van der Waals surface area contributed by atoms with Gasteiger partial charge in [-0.25, -0.2) is 0 Å². The molecule has 0 bridgehead atoms. The van der Waals surface area contributed by atoms with Crippen LogP contribution >= 0.6 is 11.6 Å². The molecule has 0 saturated heterocycles. The van der Waals surface area contributed by atoms with Gasteiger partial charge in [0.05, 0.1) is 7.11 Å². The minimum atomic E-state index is -0.647. The van der Waals surface area contributed by atoms with Crippen molar-refractivity contribution in [2.75, 3.05) is 20.3 Å². The topological polar surface area (TPSA) is 67.9 Å². The average molecular weight is 433 g/mol. The Labute approximate surface area is 183 Å². The molecular weight excluding hydrogens is 404 g/mol. The van der Waals surface area contributed by atoms with Gasteiger partial charge < -0.3 is 19.7 Å². The molecule has 1 N–H and O–H groups in total. The van der Waals surface area contributed by atoms with Gasteiger partial charge in [0.25, 0.3) is 5.91 Å². The Morgan fingerprint density at radius 3 is 2.17 bits per heavy atom. The van der Waals surface area contributed by atoms with Gasteiger partial charge in [0.2, 0.25) is 5.91 Å². The van der Waals surface area contributed by atoms with Crippen molar-refractivity contribution < 1.29 is 19.1 Å². The molecule has 162 valence electrons. The normalized spacial score (nSPS) is 11.7. The summed E-state index contributed by atoms with van der Waals surface area (Å²) in [7, 11) is 1.58. The summed E-state index contributed by atoms with van der Waals surface area (Å²) >= 11 is 5.96. The minimum absolute atomic E-state index is 0.179. The molecule has 30 heavy (non-hydrogen) atoms. The maximum absolute atomic E-state index is 13.0. The van der Waals surface area contributed by atoms with Crippen LogP contribution in [0.4, 0.5) is 0 Å². The fraction of sp³-hybridized carbons (Fsp3) is 0.391. The van der Waals surface area contributed by atoms with Crippen molar-refractivity contribution in [1.82, 2.24) is 10.2 Å². The van der Waals surface area contributed by atoms with Gasteiger partial charge in [-0.05, 0) is 54.8 Å². The van der Waals surface area contributed by atoms with E-state index in [1.807, 2.05) is 26.0 Å². The Morgan fingerprint density at radius 2 is 1.60 bits per heavy atom. The smallest absolute Gasteiger partial charge is 0.261 e. The zero-order valence-electron chi connectivity index (χ0n) is 17.9. The van der Waals surface area contributed by atoms with Gasteiger partial charge in [-0.3, -0.25) is 9.59 Å². The fourth-order valence-corrected chi connectivity index (χ4v) is 2.85. The average Bonchev–Trinajstić information content (AvgIpc) is 2.75. The van der Waals surface area contributed by atoms with Crippen LogP contribution in [-0.4, -0.2) is 43.0 Å². The van der Waals surface area contributed by atoms with E-state index < -0.39 is 6.04 Å². The highest BCUT2D eigenvalue weighted by atomic mass is 35.5. The first kappa shape index (κ1) is 23.5. The Kier molecular flexibility index (Phi) is 8.99. The van der Waals surface area contributed by atoms with Crippen LogP contribution in [0, 0.1) is 5.92 Å². The van der Waals surface area contributed by atoms with Crippen LogP contribution in [0.5, 0.6) is 11.5 Å². The van der Waals surface area contributed by atoms with Crippen molar-refractivity contribution in [2.45, 2.75) is 33.4 Å². The van der Waals surface area contributed by atoms with E-state index in [0.717, 1.165) is 5.56 Å². The summed E-state index contributed by atoms with van der Waals surface area (Å²) in [5, 5.41) is 3.50. The van der Waals surface area contributed by atoms with E-state index in [1.54, 1.807) is 50.4 Å². The number of hydrogen-bond acceptors (Lipinski definition) is 4. The zero-order valence-corrected chi connectivity index (χ0v) is 18.6. The highest BCUT2D eigenvalue weighted by molar-refractivity contribution is 6.30. The Hall–Kier alpha value is -2.73. The van der Waals surface area contributed by atoms with Gasteiger partial charge in [-0.15, -0.1) is 0 Å². The summed E-state index contributed by atoms with van der Waals surface area (Å²) in [5.74, 6) is 1.09. The number of ether oxygens (including phenoxy) is 2. The number of carbonyl (C=O) groups excluding carboxylic acids is 2. The van der Waals surface area contributed by atoms with E-state index in [0.29, 0.717) is 29.0 Å². The van der Waals surface area contributed by atoms with E-state index in [9.17, 15) is 9.59 Å². The molecule has 1 atom stereocenters. The predicted molar refractivity (Wildman–Crippen MR) is 118 cm³/mol. The van der Waals surface area contributed by atoms with Crippen molar-refractivity contribution in [1.29, 1.82) is 0 Å². The van der Waals surface area contributed by atoms with E-state index in [4.69, 9.17) is 21.1 Å². The van der Waals surface area contributed by atoms with Crippen LogP contribution < -0.4 is 14.8 Å². The van der Waals surface area contributed by atoms with E-state index in [-0.39, 0.29) is 25.0 Å². The highest BCUT2D eigenvalue weighted by Crippen LogP contribution is 2.18. The molecule has 0 aromatic heterocycles. The van der Waals surface area contributed by atoms with Crippen LogP contribution in [0.1, 0.15) is 26.3 Å². The second kappa shape index (κ2) is 11.5. The van der Waals surface area contributed by atoms with E-state index in [1.165, 1.54) is 4.90 Å².